The Morgan fingerprint density at radius 3 is 2.50 bits per heavy atom. The van der Waals surface area contributed by atoms with Crippen LogP contribution in [0.4, 0.5) is 22.0 Å². The summed E-state index contributed by atoms with van der Waals surface area (Å²) < 4.78 is 70.1. The Morgan fingerprint density at radius 1 is 1.22 bits per heavy atom. The molecule has 1 N–H and O–H groups in total. The van der Waals surface area contributed by atoms with Gasteiger partial charge in [0.25, 0.3) is 5.91 Å². The molecular weight excluding hydrogens is 445 g/mol. The summed E-state index contributed by atoms with van der Waals surface area (Å²) in [6.45, 7) is 3.27. The second-order valence-corrected chi connectivity index (χ2v) is 8.96. The van der Waals surface area contributed by atoms with E-state index in [0.29, 0.717) is 12.8 Å². The molecule has 8 heteroatoms. The molecule has 1 heterocycles. The molecule has 0 aliphatic carbocycles. The molecule has 0 spiro atoms. The number of carbonyl (C=O) groups is 1. The van der Waals surface area contributed by atoms with E-state index in [-0.39, 0.29) is 33.9 Å². The maximum atomic E-state index is 14.4. The van der Waals surface area contributed by atoms with Crippen molar-refractivity contribution in [1.29, 1.82) is 0 Å². The lowest BCUT2D eigenvalue weighted by atomic mass is 9.92. The van der Waals surface area contributed by atoms with Crippen LogP contribution in [0.5, 0.6) is 0 Å². The summed E-state index contributed by atoms with van der Waals surface area (Å²) in [5.41, 5.74) is 0.382. The summed E-state index contributed by atoms with van der Waals surface area (Å²) in [6, 6.07) is 6.16. The van der Waals surface area contributed by atoms with E-state index in [0.717, 1.165) is 23.6 Å². The van der Waals surface area contributed by atoms with Crippen LogP contribution in [0.3, 0.4) is 0 Å². The van der Waals surface area contributed by atoms with Crippen LogP contribution in [0.15, 0.2) is 36.4 Å². The summed E-state index contributed by atoms with van der Waals surface area (Å²) in [4.78, 5) is 12.1. The minimum atomic E-state index is -4.61. The SMILES string of the molecule is CCCc1cc(C(/C=C/c2ccc(C(=O)NC3CSC3)c(F)c2)C(F)(F)F)cc(C)c1F. The Hall–Kier alpha value is -2.35. The highest BCUT2D eigenvalue weighted by molar-refractivity contribution is 8.00. The summed E-state index contributed by atoms with van der Waals surface area (Å²) in [7, 11) is 0. The molecule has 1 unspecified atom stereocenters. The Balaban J connectivity index is 1.86. The van der Waals surface area contributed by atoms with Gasteiger partial charge in [0.15, 0.2) is 0 Å². The lowest BCUT2D eigenvalue weighted by Crippen LogP contribution is -2.44. The van der Waals surface area contributed by atoms with Crippen molar-refractivity contribution in [3.8, 4) is 0 Å². The van der Waals surface area contributed by atoms with E-state index in [1.54, 1.807) is 11.8 Å². The van der Waals surface area contributed by atoms with E-state index < -0.39 is 29.6 Å². The molecule has 0 saturated carbocycles. The number of hydrogen-bond acceptors (Lipinski definition) is 2. The number of halogens is 5. The first-order chi connectivity index (χ1) is 15.1. The molecular formula is C24H24F5NOS. The third kappa shape index (κ3) is 5.71. The lowest BCUT2D eigenvalue weighted by Gasteiger charge is -2.25. The Morgan fingerprint density at radius 2 is 1.94 bits per heavy atom. The average molecular weight is 470 g/mol. The van der Waals surface area contributed by atoms with Crippen molar-refractivity contribution in [2.45, 2.75) is 44.8 Å². The minimum absolute atomic E-state index is 0.00998. The standard InChI is InChI=1S/C24H24F5NOS/c1-3-4-16-11-17(9-14(2)22(16)26)20(24(27,28)29)8-6-15-5-7-19(21(25)10-15)23(31)30-18-12-32-13-18/h5-11,18,20H,3-4,12-13H2,1-2H3,(H,30,31)/b8-6+. The van der Waals surface area contributed by atoms with Gasteiger partial charge in [-0.15, -0.1) is 0 Å². The zero-order chi connectivity index (χ0) is 23.5. The number of benzene rings is 2. The largest absolute Gasteiger partial charge is 0.399 e. The number of amides is 1. The van der Waals surface area contributed by atoms with Gasteiger partial charge in [0, 0.05) is 17.5 Å². The van der Waals surface area contributed by atoms with Crippen LogP contribution in [0, 0.1) is 18.6 Å². The van der Waals surface area contributed by atoms with Gasteiger partial charge in [-0.3, -0.25) is 4.79 Å². The molecule has 1 fully saturated rings. The van der Waals surface area contributed by atoms with E-state index in [9.17, 15) is 26.7 Å². The number of carbonyl (C=O) groups excluding carboxylic acids is 1. The monoisotopic (exact) mass is 469 g/mol. The van der Waals surface area contributed by atoms with Gasteiger partial charge in [0.2, 0.25) is 0 Å². The number of alkyl halides is 3. The number of nitrogens with one attached hydrogen (secondary N) is 1. The van der Waals surface area contributed by atoms with Crippen LogP contribution < -0.4 is 5.32 Å². The molecule has 1 saturated heterocycles. The lowest BCUT2D eigenvalue weighted by molar-refractivity contribution is -0.139. The zero-order valence-electron chi connectivity index (χ0n) is 17.7. The first-order valence-electron chi connectivity index (χ1n) is 10.3. The normalized spacial score (nSPS) is 15.6. The van der Waals surface area contributed by atoms with Crippen molar-refractivity contribution in [2.75, 3.05) is 11.5 Å². The molecule has 2 aromatic carbocycles. The van der Waals surface area contributed by atoms with E-state index in [2.05, 4.69) is 5.32 Å². The number of aryl methyl sites for hydroxylation is 2. The molecule has 0 radical (unpaired) electrons. The molecule has 1 atom stereocenters. The van der Waals surface area contributed by atoms with Crippen molar-refractivity contribution in [3.05, 3.63) is 75.9 Å². The molecule has 1 aliphatic rings. The number of allylic oxidation sites excluding steroid dienone is 1. The number of thioether (sulfide) groups is 1. The zero-order valence-corrected chi connectivity index (χ0v) is 18.5. The van der Waals surface area contributed by atoms with Gasteiger partial charge >= 0.3 is 6.18 Å². The molecule has 0 aromatic heterocycles. The van der Waals surface area contributed by atoms with E-state index in [4.69, 9.17) is 0 Å². The number of hydrogen-bond donors (Lipinski definition) is 1. The van der Waals surface area contributed by atoms with Crippen molar-refractivity contribution in [2.24, 2.45) is 0 Å². The molecule has 1 amide bonds. The summed E-state index contributed by atoms with van der Waals surface area (Å²) in [6.07, 6.45) is -1.57. The van der Waals surface area contributed by atoms with Gasteiger partial charge < -0.3 is 5.32 Å². The van der Waals surface area contributed by atoms with Gasteiger partial charge in [-0.05, 0) is 47.7 Å². The topological polar surface area (TPSA) is 29.1 Å². The van der Waals surface area contributed by atoms with Crippen LogP contribution in [0.1, 0.15) is 51.9 Å². The molecule has 2 aromatic rings. The van der Waals surface area contributed by atoms with Gasteiger partial charge in [-0.2, -0.15) is 24.9 Å². The van der Waals surface area contributed by atoms with Crippen molar-refractivity contribution < 1.29 is 26.7 Å². The highest BCUT2D eigenvalue weighted by Gasteiger charge is 2.39. The molecule has 1 aliphatic heterocycles. The predicted molar refractivity (Wildman–Crippen MR) is 118 cm³/mol. The molecule has 172 valence electrons. The molecule has 0 bridgehead atoms. The van der Waals surface area contributed by atoms with E-state index >= 15 is 0 Å². The Kier molecular flexibility index (Phi) is 7.64. The third-order valence-corrected chi connectivity index (χ3v) is 6.55. The van der Waals surface area contributed by atoms with Crippen molar-refractivity contribution >= 4 is 23.7 Å². The molecule has 3 rings (SSSR count). The fourth-order valence-electron chi connectivity index (χ4n) is 3.52. The van der Waals surface area contributed by atoms with Gasteiger partial charge in [0.05, 0.1) is 11.5 Å². The quantitative estimate of drug-likeness (QED) is 0.474. The van der Waals surface area contributed by atoms with Gasteiger partial charge in [-0.1, -0.05) is 43.7 Å². The van der Waals surface area contributed by atoms with Crippen molar-refractivity contribution in [3.63, 3.8) is 0 Å². The van der Waals surface area contributed by atoms with Crippen molar-refractivity contribution in [1.82, 2.24) is 5.32 Å². The second-order valence-electron chi connectivity index (χ2n) is 7.89. The van der Waals surface area contributed by atoms with Crippen LogP contribution >= 0.6 is 11.8 Å². The van der Waals surface area contributed by atoms with Crippen LogP contribution in [0.25, 0.3) is 6.08 Å². The maximum Gasteiger partial charge on any atom is 0.399 e. The smallest absolute Gasteiger partial charge is 0.348 e. The van der Waals surface area contributed by atoms with Crippen LogP contribution in [-0.4, -0.2) is 29.6 Å². The van der Waals surface area contributed by atoms with Gasteiger partial charge in [0.1, 0.15) is 11.6 Å². The first-order valence-corrected chi connectivity index (χ1v) is 11.5. The predicted octanol–water partition coefficient (Wildman–Crippen LogP) is 6.43. The maximum absolute atomic E-state index is 14.4. The average Bonchev–Trinajstić information content (AvgIpc) is 2.67. The fraction of sp³-hybridized carbons (Fsp3) is 0.375. The van der Waals surface area contributed by atoms with E-state index in [1.807, 2.05) is 6.92 Å². The molecule has 2 nitrogen and oxygen atoms in total. The second kappa shape index (κ2) is 10.1. The summed E-state index contributed by atoms with van der Waals surface area (Å²) in [5.74, 6) is -2.26. The summed E-state index contributed by atoms with van der Waals surface area (Å²) in [5, 5.41) is 2.71. The Labute approximate surface area is 188 Å². The fourth-order valence-corrected chi connectivity index (χ4v) is 4.16. The van der Waals surface area contributed by atoms with Gasteiger partial charge in [-0.25, -0.2) is 8.78 Å². The molecule has 32 heavy (non-hydrogen) atoms. The van der Waals surface area contributed by atoms with Crippen LogP contribution in [0.2, 0.25) is 0 Å². The highest BCUT2D eigenvalue weighted by atomic mass is 32.2. The summed E-state index contributed by atoms with van der Waals surface area (Å²) >= 11 is 1.67. The van der Waals surface area contributed by atoms with Crippen LogP contribution in [-0.2, 0) is 6.42 Å². The number of rotatable bonds is 7. The minimum Gasteiger partial charge on any atom is -0.348 e. The first kappa shape index (κ1) is 24.3. The Bertz CT molecular complexity index is 1010. The third-order valence-electron chi connectivity index (χ3n) is 5.28. The van der Waals surface area contributed by atoms with E-state index in [1.165, 1.54) is 37.3 Å². The highest BCUT2D eigenvalue weighted by Crippen LogP contribution is 2.38.